The first kappa shape index (κ1) is 16.9. The van der Waals surface area contributed by atoms with Crippen molar-refractivity contribution in [2.24, 2.45) is 0 Å². The molecule has 0 aliphatic heterocycles. The third-order valence-corrected chi connectivity index (χ3v) is 4.94. The van der Waals surface area contributed by atoms with Crippen LogP contribution in [0.3, 0.4) is 0 Å². The summed E-state index contributed by atoms with van der Waals surface area (Å²) in [7, 11) is -0.262. The van der Waals surface area contributed by atoms with Gasteiger partial charge in [0.25, 0.3) is 0 Å². The summed E-state index contributed by atoms with van der Waals surface area (Å²) in [5.41, 5.74) is 0.666. The fourth-order valence-corrected chi connectivity index (χ4v) is 2.95. The maximum absolute atomic E-state index is 12.4. The lowest BCUT2D eigenvalue weighted by molar-refractivity contribution is 0.446. The molecule has 5 nitrogen and oxygen atoms in total. The number of nitrogens with one attached hydrogen (secondary N) is 1. The zero-order chi connectivity index (χ0) is 15.2. The van der Waals surface area contributed by atoms with E-state index in [1.165, 1.54) is 8.61 Å². The first-order valence-electron chi connectivity index (χ1n) is 6.84. The van der Waals surface area contributed by atoms with Crippen LogP contribution in [0.4, 0.5) is 5.69 Å². The van der Waals surface area contributed by atoms with Crippen LogP contribution in [0.5, 0.6) is 0 Å². The van der Waals surface area contributed by atoms with Gasteiger partial charge in [-0.25, -0.2) is 0 Å². The van der Waals surface area contributed by atoms with E-state index in [4.69, 9.17) is 0 Å². The number of nitrogens with zero attached hydrogens (tertiary/aromatic N) is 2. The standard InChI is InChI=1S/C14H25N3O2S/c1-13(2)15-11-8-12-16(3)20(18,19)17(4)14-9-6-5-7-10-14/h5-7,9-10,13,15H,8,11-12H2,1-4H3. The van der Waals surface area contributed by atoms with Crippen molar-refractivity contribution in [3.8, 4) is 0 Å². The molecular weight excluding hydrogens is 274 g/mol. The average molecular weight is 299 g/mol. The Labute approximate surface area is 122 Å². The Morgan fingerprint density at radius 3 is 2.30 bits per heavy atom. The third-order valence-electron chi connectivity index (χ3n) is 3.06. The number of para-hydroxylation sites is 1. The number of benzene rings is 1. The Hall–Kier alpha value is -1.11. The van der Waals surface area contributed by atoms with E-state index < -0.39 is 10.2 Å². The highest BCUT2D eigenvalue weighted by Gasteiger charge is 2.23. The maximum atomic E-state index is 12.4. The van der Waals surface area contributed by atoms with Crippen molar-refractivity contribution >= 4 is 15.9 Å². The van der Waals surface area contributed by atoms with Crippen LogP contribution in [-0.4, -0.2) is 45.9 Å². The SMILES string of the molecule is CC(C)NCCCN(C)S(=O)(=O)N(C)c1ccccc1. The third kappa shape index (κ3) is 4.77. The van der Waals surface area contributed by atoms with E-state index in [1.54, 1.807) is 26.2 Å². The van der Waals surface area contributed by atoms with Gasteiger partial charge in [0.2, 0.25) is 0 Å². The Balaban J connectivity index is 2.59. The lowest BCUT2D eigenvalue weighted by Gasteiger charge is -2.26. The van der Waals surface area contributed by atoms with Crippen LogP contribution in [0.25, 0.3) is 0 Å². The van der Waals surface area contributed by atoms with Gasteiger partial charge in [-0.2, -0.15) is 12.7 Å². The summed E-state index contributed by atoms with van der Waals surface area (Å²) in [5.74, 6) is 0. The quantitative estimate of drug-likeness (QED) is 0.743. The molecule has 0 aromatic heterocycles. The van der Waals surface area contributed by atoms with Crippen molar-refractivity contribution in [2.75, 3.05) is 31.5 Å². The molecule has 0 atom stereocenters. The minimum absolute atomic E-state index is 0.420. The number of hydrogen-bond acceptors (Lipinski definition) is 3. The second-order valence-electron chi connectivity index (χ2n) is 5.09. The molecule has 0 bridgehead atoms. The second-order valence-corrected chi connectivity index (χ2v) is 7.16. The van der Waals surface area contributed by atoms with E-state index in [-0.39, 0.29) is 0 Å². The maximum Gasteiger partial charge on any atom is 0.303 e. The molecule has 0 heterocycles. The topological polar surface area (TPSA) is 52.7 Å². The fourth-order valence-electron chi connectivity index (χ4n) is 1.79. The molecule has 1 aromatic rings. The summed E-state index contributed by atoms with van der Waals surface area (Å²) in [6.45, 7) is 5.46. The Bertz CT molecular complexity index is 488. The van der Waals surface area contributed by atoms with Crippen molar-refractivity contribution in [1.29, 1.82) is 0 Å². The van der Waals surface area contributed by atoms with Crippen LogP contribution in [0, 0.1) is 0 Å². The van der Waals surface area contributed by atoms with Gasteiger partial charge in [-0.1, -0.05) is 32.0 Å². The molecule has 0 radical (unpaired) electrons. The van der Waals surface area contributed by atoms with Gasteiger partial charge < -0.3 is 5.32 Å². The van der Waals surface area contributed by atoms with Gasteiger partial charge in [0.15, 0.2) is 0 Å². The van der Waals surface area contributed by atoms with Crippen molar-refractivity contribution in [3.63, 3.8) is 0 Å². The number of rotatable bonds is 8. The van der Waals surface area contributed by atoms with E-state index in [2.05, 4.69) is 19.2 Å². The average Bonchev–Trinajstić information content (AvgIpc) is 2.43. The molecule has 0 saturated carbocycles. The minimum Gasteiger partial charge on any atom is -0.314 e. The van der Waals surface area contributed by atoms with Crippen molar-refractivity contribution in [1.82, 2.24) is 9.62 Å². The van der Waals surface area contributed by atoms with E-state index in [0.29, 0.717) is 18.3 Å². The molecule has 1 N–H and O–H groups in total. The molecule has 1 aromatic carbocycles. The van der Waals surface area contributed by atoms with E-state index in [9.17, 15) is 8.42 Å². The van der Waals surface area contributed by atoms with Crippen LogP contribution in [0.15, 0.2) is 30.3 Å². The highest BCUT2D eigenvalue weighted by molar-refractivity contribution is 7.90. The molecule has 20 heavy (non-hydrogen) atoms. The first-order valence-corrected chi connectivity index (χ1v) is 8.24. The number of hydrogen-bond donors (Lipinski definition) is 1. The molecule has 0 unspecified atom stereocenters. The highest BCUT2D eigenvalue weighted by atomic mass is 32.2. The molecule has 0 amide bonds. The van der Waals surface area contributed by atoms with Crippen molar-refractivity contribution in [2.45, 2.75) is 26.3 Å². The van der Waals surface area contributed by atoms with Crippen molar-refractivity contribution < 1.29 is 8.42 Å². The van der Waals surface area contributed by atoms with Crippen LogP contribution < -0.4 is 9.62 Å². The first-order chi connectivity index (χ1) is 9.35. The predicted molar refractivity (Wildman–Crippen MR) is 84.2 cm³/mol. The van der Waals surface area contributed by atoms with Gasteiger partial charge >= 0.3 is 10.2 Å². The van der Waals surface area contributed by atoms with E-state index in [0.717, 1.165) is 13.0 Å². The van der Waals surface area contributed by atoms with Gasteiger partial charge in [-0.3, -0.25) is 4.31 Å². The lowest BCUT2D eigenvalue weighted by Crippen LogP contribution is -2.41. The van der Waals surface area contributed by atoms with E-state index in [1.807, 2.05) is 18.2 Å². The molecule has 0 aliphatic rings. The summed E-state index contributed by atoms with van der Waals surface area (Å²) in [6.07, 6.45) is 0.788. The zero-order valence-electron chi connectivity index (χ0n) is 12.7. The number of anilines is 1. The lowest BCUT2D eigenvalue weighted by atomic mass is 10.3. The van der Waals surface area contributed by atoms with Gasteiger partial charge in [-0.15, -0.1) is 0 Å². The van der Waals surface area contributed by atoms with Crippen molar-refractivity contribution in [3.05, 3.63) is 30.3 Å². The molecule has 0 fully saturated rings. The monoisotopic (exact) mass is 299 g/mol. The summed E-state index contributed by atoms with van der Waals surface area (Å²) >= 11 is 0. The Kier molecular flexibility index (Phi) is 6.45. The molecule has 0 spiro atoms. The predicted octanol–water partition coefficient (Wildman–Crippen LogP) is 1.69. The van der Waals surface area contributed by atoms with Gasteiger partial charge in [-0.05, 0) is 25.1 Å². The molecular formula is C14H25N3O2S. The van der Waals surface area contributed by atoms with Gasteiger partial charge in [0.1, 0.15) is 0 Å². The summed E-state index contributed by atoms with van der Waals surface area (Å²) < 4.78 is 27.5. The highest BCUT2D eigenvalue weighted by Crippen LogP contribution is 2.17. The molecule has 0 aliphatic carbocycles. The fraction of sp³-hybridized carbons (Fsp3) is 0.571. The van der Waals surface area contributed by atoms with Crippen LogP contribution in [0.1, 0.15) is 20.3 Å². The summed E-state index contributed by atoms with van der Waals surface area (Å²) in [4.78, 5) is 0. The largest absolute Gasteiger partial charge is 0.314 e. The smallest absolute Gasteiger partial charge is 0.303 e. The van der Waals surface area contributed by atoms with Crippen LogP contribution >= 0.6 is 0 Å². The summed E-state index contributed by atoms with van der Waals surface area (Å²) in [5, 5.41) is 3.28. The zero-order valence-corrected chi connectivity index (χ0v) is 13.5. The summed E-state index contributed by atoms with van der Waals surface area (Å²) in [6, 6.07) is 9.51. The van der Waals surface area contributed by atoms with Gasteiger partial charge in [0, 0.05) is 26.7 Å². The Morgan fingerprint density at radius 1 is 1.15 bits per heavy atom. The molecule has 114 valence electrons. The Morgan fingerprint density at radius 2 is 1.75 bits per heavy atom. The van der Waals surface area contributed by atoms with Crippen LogP contribution in [0.2, 0.25) is 0 Å². The molecule has 1 rings (SSSR count). The van der Waals surface area contributed by atoms with E-state index >= 15 is 0 Å². The van der Waals surface area contributed by atoms with Gasteiger partial charge in [0.05, 0.1) is 5.69 Å². The molecule has 0 saturated heterocycles. The normalized spacial score (nSPS) is 12.1. The molecule has 6 heteroatoms. The minimum atomic E-state index is -3.45. The second kappa shape index (κ2) is 7.61. The van der Waals surface area contributed by atoms with Crippen LogP contribution in [-0.2, 0) is 10.2 Å².